The van der Waals surface area contributed by atoms with Crippen LogP contribution in [0.5, 0.6) is 0 Å². The van der Waals surface area contributed by atoms with Gasteiger partial charge in [0, 0.05) is 13.1 Å². The molecule has 0 amide bonds. The second-order valence-electron chi connectivity index (χ2n) is 4.20. The molecule has 1 aromatic carbocycles. The van der Waals surface area contributed by atoms with Gasteiger partial charge in [-0.25, -0.2) is 4.39 Å². The number of benzene rings is 1. The topological polar surface area (TPSA) is 53.1 Å². The SMILES string of the molecule is N#Cc1cc(N)c(Cl)c(N2CCCC(F)C2)c1. The minimum atomic E-state index is -0.841. The zero-order valence-electron chi connectivity index (χ0n) is 9.29. The van der Waals surface area contributed by atoms with E-state index >= 15 is 0 Å². The van der Waals surface area contributed by atoms with Crippen LogP contribution in [0.3, 0.4) is 0 Å². The average Bonchev–Trinajstić information content (AvgIpc) is 2.32. The Kier molecular flexibility index (Phi) is 3.39. The smallest absolute Gasteiger partial charge is 0.118 e. The van der Waals surface area contributed by atoms with Crippen molar-refractivity contribution in [3.8, 4) is 6.07 Å². The summed E-state index contributed by atoms with van der Waals surface area (Å²) in [6.07, 6.45) is 0.530. The highest BCUT2D eigenvalue weighted by atomic mass is 35.5. The summed E-state index contributed by atoms with van der Waals surface area (Å²) in [5.41, 5.74) is 7.20. The maximum Gasteiger partial charge on any atom is 0.118 e. The van der Waals surface area contributed by atoms with Crippen molar-refractivity contribution in [2.75, 3.05) is 23.7 Å². The van der Waals surface area contributed by atoms with Gasteiger partial charge in [0.1, 0.15) is 6.17 Å². The van der Waals surface area contributed by atoms with E-state index in [0.717, 1.165) is 13.0 Å². The minimum absolute atomic E-state index is 0.314. The van der Waals surface area contributed by atoms with E-state index in [1.54, 1.807) is 6.07 Å². The predicted molar refractivity (Wildman–Crippen MR) is 66.9 cm³/mol. The second-order valence-corrected chi connectivity index (χ2v) is 4.57. The first-order chi connectivity index (χ1) is 8.11. The molecule has 90 valence electrons. The first-order valence-electron chi connectivity index (χ1n) is 5.50. The number of nitrogen functional groups attached to an aromatic ring is 1. The molecule has 0 bridgehead atoms. The molecule has 3 nitrogen and oxygen atoms in total. The van der Waals surface area contributed by atoms with Crippen LogP contribution in [0, 0.1) is 11.3 Å². The van der Waals surface area contributed by atoms with Gasteiger partial charge in [-0.15, -0.1) is 0 Å². The predicted octanol–water partition coefficient (Wildman–Crippen LogP) is 2.73. The van der Waals surface area contributed by atoms with Crippen LogP contribution in [-0.2, 0) is 0 Å². The van der Waals surface area contributed by atoms with Crippen LogP contribution in [0.2, 0.25) is 5.02 Å². The molecule has 0 saturated carbocycles. The van der Waals surface area contributed by atoms with Crippen LogP contribution in [0.25, 0.3) is 0 Å². The molecule has 2 N–H and O–H groups in total. The summed E-state index contributed by atoms with van der Waals surface area (Å²) < 4.78 is 13.4. The van der Waals surface area contributed by atoms with Gasteiger partial charge in [0.05, 0.1) is 28.0 Å². The van der Waals surface area contributed by atoms with Gasteiger partial charge in [0.15, 0.2) is 0 Å². The Balaban J connectivity index is 2.37. The van der Waals surface area contributed by atoms with Crippen molar-refractivity contribution in [1.82, 2.24) is 0 Å². The van der Waals surface area contributed by atoms with E-state index in [0.29, 0.717) is 34.9 Å². The van der Waals surface area contributed by atoms with E-state index < -0.39 is 6.17 Å². The van der Waals surface area contributed by atoms with Crippen molar-refractivity contribution in [3.05, 3.63) is 22.7 Å². The first-order valence-corrected chi connectivity index (χ1v) is 5.87. The highest BCUT2D eigenvalue weighted by Crippen LogP contribution is 2.34. The number of hydrogen-bond acceptors (Lipinski definition) is 3. The highest BCUT2D eigenvalue weighted by Gasteiger charge is 2.22. The number of alkyl halides is 1. The summed E-state index contributed by atoms with van der Waals surface area (Å²) in [7, 11) is 0. The summed E-state index contributed by atoms with van der Waals surface area (Å²) in [5.74, 6) is 0. The zero-order chi connectivity index (χ0) is 12.4. The number of anilines is 2. The van der Waals surface area contributed by atoms with E-state index in [1.165, 1.54) is 6.07 Å². The number of halogens is 2. The van der Waals surface area contributed by atoms with Crippen molar-refractivity contribution in [2.45, 2.75) is 19.0 Å². The third-order valence-electron chi connectivity index (χ3n) is 2.92. The third-order valence-corrected chi connectivity index (χ3v) is 3.33. The number of piperidine rings is 1. The molecule has 1 aliphatic heterocycles. The van der Waals surface area contributed by atoms with Gasteiger partial charge in [0.25, 0.3) is 0 Å². The number of nitrogens with zero attached hydrogens (tertiary/aromatic N) is 2. The summed E-state index contributed by atoms with van der Waals surface area (Å²) in [5, 5.41) is 9.29. The molecular weight excluding hydrogens is 241 g/mol. The zero-order valence-corrected chi connectivity index (χ0v) is 10.0. The number of nitriles is 1. The van der Waals surface area contributed by atoms with E-state index in [2.05, 4.69) is 0 Å². The van der Waals surface area contributed by atoms with Crippen molar-refractivity contribution < 1.29 is 4.39 Å². The average molecular weight is 254 g/mol. The molecule has 1 fully saturated rings. The highest BCUT2D eigenvalue weighted by molar-refractivity contribution is 6.35. The van der Waals surface area contributed by atoms with E-state index in [9.17, 15) is 4.39 Å². The quantitative estimate of drug-likeness (QED) is 0.783. The van der Waals surface area contributed by atoms with Crippen LogP contribution in [0.15, 0.2) is 12.1 Å². The molecule has 2 rings (SSSR count). The summed E-state index contributed by atoms with van der Waals surface area (Å²) in [6, 6.07) is 5.22. The molecule has 0 spiro atoms. The molecule has 0 aliphatic carbocycles. The van der Waals surface area contributed by atoms with Gasteiger partial charge >= 0.3 is 0 Å². The van der Waals surface area contributed by atoms with Gasteiger partial charge in [-0.1, -0.05) is 11.6 Å². The molecule has 5 heteroatoms. The molecule has 0 radical (unpaired) electrons. The van der Waals surface area contributed by atoms with Gasteiger partial charge in [-0.2, -0.15) is 5.26 Å². The van der Waals surface area contributed by atoms with Crippen LogP contribution >= 0.6 is 11.6 Å². The van der Waals surface area contributed by atoms with Gasteiger partial charge in [-0.05, 0) is 25.0 Å². The van der Waals surface area contributed by atoms with Crippen molar-refractivity contribution >= 4 is 23.0 Å². The van der Waals surface area contributed by atoms with E-state index in [-0.39, 0.29) is 0 Å². The summed E-state index contributed by atoms with van der Waals surface area (Å²) in [4.78, 5) is 1.85. The lowest BCUT2D eigenvalue weighted by atomic mass is 10.1. The molecule has 17 heavy (non-hydrogen) atoms. The lowest BCUT2D eigenvalue weighted by molar-refractivity contribution is 0.287. The van der Waals surface area contributed by atoms with Crippen molar-refractivity contribution in [3.63, 3.8) is 0 Å². The standard InChI is InChI=1S/C12H13ClFN3/c13-12-10(16)4-8(6-15)5-11(12)17-3-1-2-9(14)7-17/h4-5,9H,1-3,7,16H2. The molecule has 1 aromatic rings. The molecular formula is C12H13ClFN3. The fourth-order valence-electron chi connectivity index (χ4n) is 2.07. The lowest BCUT2D eigenvalue weighted by Gasteiger charge is -2.32. The van der Waals surface area contributed by atoms with Crippen molar-refractivity contribution in [1.29, 1.82) is 5.26 Å². The van der Waals surface area contributed by atoms with E-state index in [4.69, 9.17) is 22.6 Å². The molecule has 1 heterocycles. The minimum Gasteiger partial charge on any atom is -0.397 e. The van der Waals surface area contributed by atoms with E-state index in [1.807, 2.05) is 11.0 Å². The van der Waals surface area contributed by atoms with Gasteiger partial charge in [0.2, 0.25) is 0 Å². The fraction of sp³-hybridized carbons (Fsp3) is 0.417. The number of hydrogen-bond donors (Lipinski definition) is 1. The summed E-state index contributed by atoms with van der Waals surface area (Å²) >= 11 is 6.10. The molecule has 0 aromatic heterocycles. The Morgan fingerprint density at radius 1 is 1.53 bits per heavy atom. The van der Waals surface area contributed by atoms with Crippen LogP contribution < -0.4 is 10.6 Å². The Bertz CT molecular complexity index is 470. The maximum atomic E-state index is 13.4. The maximum absolute atomic E-state index is 13.4. The number of rotatable bonds is 1. The molecule has 1 atom stereocenters. The molecule has 1 unspecified atom stereocenters. The van der Waals surface area contributed by atoms with Gasteiger partial charge < -0.3 is 10.6 Å². The fourth-order valence-corrected chi connectivity index (χ4v) is 2.30. The van der Waals surface area contributed by atoms with Crippen LogP contribution in [0.1, 0.15) is 18.4 Å². The molecule has 1 aliphatic rings. The first kappa shape index (κ1) is 12.0. The van der Waals surface area contributed by atoms with Crippen LogP contribution in [0.4, 0.5) is 15.8 Å². The normalized spacial score (nSPS) is 20.1. The van der Waals surface area contributed by atoms with Crippen molar-refractivity contribution in [2.24, 2.45) is 0 Å². The number of nitrogens with two attached hydrogens (primary N) is 1. The van der Waals surface area contributed by atoms with Gasteiger partial charge in [-0.3, -0.25) is 0 Å². The lowest BCUT2D eigenvalue weighted by Crippen LogP contribution is -2.36. The Hall–Kier alpha value is -1.47. The Morgan fingerprint density at radius 3 is 2.94 bits per heavy atom. The van der Waals surface area contributed by atoms with Crippen LogP contribution in [-0.4, -0.2) is 19.3 Å². The largest absolute Gasteiger partial charge is 0.397 e. The second kappa shape index (κ2) is 4.80. The summed E-state index contributed by atoms with van der Waals surface area (Å²) in [6.45, 7) is 1.06. The molecule has 1 saturated heterocycles. The Morgan fingerprint density at radius 2 is 2.29 bits per heavy atom. The Labute approximate surface area is 105 Å². The monoisotopic (exact) mass is 253 g/mol. The third kappa shape index (κ3) is 2.45.